The Balaban J connectivity index is 2.55. The van der Waals surface area contributed by atoms with Crippen LogP contribution >= 0.6 is 0 Å². The fraction of sp³-hybridized carbons (Fsp3) is 0.235. The van der Waals surface area contributed by atoms with Gasteiger partial charge in [-0.3, -0.25) is 4.72 Å². The molecule has 0 unspecified atom stereocenters. The van der Waals surface area contributed by atoms with E-state index in [1.807, 2.05) is 39.8 Å². The molecule has 0 spiro atoms. The van der Waals surface area contributed by atoms with Crippen LogP contribution < -0.4 is 4.72 Å². The highest BCUT2D eigenvalue weighted by Crippen LogP contribution is 2.27. The molecule has 2 aromatic carbocycles. The summed E-state index contributed by atoms with van der Waals surface area (Å²) in [7, 11) is -3.70. The van der Waals surface area contributed by atoms with Gasteiger partial charge in [0.1, 0.15) is 0 Å². The zero-order chi connectivity index (χ0) is 16.5. The predicted octanol–water partition coefficient (Wildman–Crippen LogP) is 3.59. The topological polar surface area (TPSA) is 70.0 Å². The van der Waals surface area contributed by atoms with Crippen molar-refractivity contribution in [3.05, 3.63) is 58.1 Å². The molecule has 0 fully saturated rings. The van der Waals surface area contributed by atoms with Crippen molar-refractivity contribution in [3.8, 4) is 6.07 Å². The first-order valence-corrected chi connectivity index (χ1v) is 8.35. The van der Waals surface area contributed by atoms with Crippen LogP contribution in [-0.2, 0) is 10.0 Å². The lowest BCUT2D eigenvalue weighted by atomic mass is 10.0. The van der Waals surface area contributed by atoms with Crippen molar-refractivity contribution in [2.45, 2.75) is 32.6 Å². The number of aryl methyl sites for hydroxylation is 2. The molecular weight excluding hydrogens is 296 g/mol. The third kappa shape index (κ3) is 2.97. The number of anilines is 1. The van der Waals surface area contributed by atoms with Crippen LogP contribution in [0.2, 0.25) is 0 Å². The Morgan fingerprint density at radius 2 is 1.59 bits per heavy atom. The molecule has 0 aliphatic carbocycles. The third-order valence-electron chi connectivity index (χ3n) is 3.81. The van der Waals surface area contributed by atoms with Crippen molar-refractivity contribution in [1.29, 1.82) is 5.26 Å². The van der Waals surface area contributed by atoms with Gasteiger partial charge in [0, 0.05) is 0 Å². The van der Waals surface area contributed by atoms with Crippen LogP contribution in [0.25, 0.3) is 0 Å². The summed E-state index contributed by atoms with van der Waals surface area (Å²) in [4.78, 5) is 0.312. The molecule has 22 heavy (non-hydrogen) atoms. The van der Waals surface area contributed by atoms with Gasteiger partial charge in [0.15, 0.2) is 0 Å². The Morgan fingerprint density at radius 1 is 1.00 bits per heavy atom. The molecule has 0 atom stereocenters. The quantitative estimate of drug-likeness (QED) is 0.941. The van der Waals surface area contributed by atoms with Gasteiger partial charge in [-0.15, -0.1) is 0 Å². The predicted molar refractivity (Wildman–Crippen MR) is 87.4 cm³/mol. The van der Waals surface area contributed by atoms with Gasteiger partial charge in [0.05, 0.1) is 22.2 Å². The minimum Gasteiger partial charge on any atom is -0.280 e. The van der Waals surface area contributed by atoms with Gasteiger partial charge in [-0.05, 0) is 68.1 Å². The van der Waals surface area contributed by atoms with E-state index in [2.05, 4.69) is 4.72 Å². The molecule has 2 aromatic rings. The molecule has 0 heterocycles. The molecule has 2 rings (SSSR count). The van der Waals surface area contributed by atoms with Gasteiger partial charge >= 0.3 is 0 Å². The maximum Gasteiger partial charge on any atom is 0.262 e. The first-order chi connectivity index (χ1) is 10.3. The van der Waals surface area contributed by atoms with Crippen LogP contribution in [0.5, 0.6) is 0 Å². The van der Waals surface area contributed by atoms with E-state index in [1.165, 1.54) is 6.07 Å². The largest absolute Gasteiger partial charge is 0.280 e. The van der Waals surface area contributed by atoms with E-state index in [9.17, 15) is 8.42 Å². The second-order valence-corrected chi connectivity index (χ2v) is 7.01. The number of nitriles is 1. The number of nitrogens with one attached hydrogen (secondary N) is 1. The van der Waals surface area contributed by atoms with E-state index in [1.54, 1.807) is 18.2 Å². The molecule has 0 aliphatic heterocycles. The van der Waals surface area contributed by atoms with Crippen LogP contribution in [0.4, 0.5) is 5.69 Å². The SMILES string of the molecule is Cc1cc(C)c(C)c(S(=O)(=O)Nc2cccc(C#N)c2)c1C. The smallest absolute Gasteiger partial charge is 0.262 e. The van der Waals surface area contributed by atoms with E-state index >= 15 is 0 Å². The highest BCUT2D eigenvalue weighted by atomic mass is 32.2. The Hall–Kier alpha value is -2.32. The summed E-state index contributed by atoms with van der Waals surface area (Å²) in [6.07, 6.45) is 0. The average molecular weight is 314 g/mol. The first kappa shape index (κ1) is 16.1. The van der Waals surface area contributed by atoms with Gasteiger partial charge in [-0.25, -0.2) is 8.42 Å². The normalized spacial score (nSPS) is 11.0. The lowest BCUT2D eigenvalue weighted by molar-refractivity contribution is 0.599. The van der Waals surface area contributed by atoms with E-state index in [0.29, 0.717) is 16.1 Å². The molecule has 0 radical (unpaired) electrons. The Morgan fingerprint density at radius 3 is 2.14 bits per heavy atom. The molecule has 0 saturated carbocycles. The zero-order valence-electron chi connectivity index (χ0n) is 13.1. The van der Waals surface area contributed by atoms with Crippen LogP contribution in [0.3, 0.4) is 0 Å². The lowest BCUT2D eigenvalue weighted by Crippen LogP contribution is -2.17. The lowest BCUT2D eigenvalue weighted by Gasteiger charge is -2.16. The van der Waals surface area contributed by atoms with Crippen molar-refractivity contribution >= 4 is 15.7 Å². The molecule has 4 nitrogen and oxygen atoms in total. The Kier molecular flexibility index (Phi) is 4.25. The second-order valence-electron chi connectivity index (χ2n) is 5.39. The highest BCUT2D eigenvalue weighted by Gasteiger charge is 2.22. The summed E-state index contributed by atoms with van der Waals surface area (Å²) >= 11 is 0. The van der Waals surface area contributed by atoms with E-state index in [0.717, 1.165) is 22.3 Å². The van der Waals surface area contributed by atoms with E-state index in [4.69, 9.17) is 5.26 Å². The van der Waals surface area contributed by atoms with Crippen molar-refractivity contribution in [1.82, 2.24) is 0 Å². The van der Waals surface area contributed by atoms with Gasteiger partial charge < -0.3 is 0 Å². The maximum absolute atomic E-state index is 12.8. The number of hydrogen-bond donors (Lipinski definition) is 1. The molecule has 5 heteroatoms. The van der Waals surface area contributed by atoms with Crippen LogP contribution in [0.15, 0.2) is 35.2 Å². The molecule has 114 valence electrons. The van der Waals surface area contributed by atoms with Crippen LogP contribution in [-0.4, -0.2) is 8.42 Å². The molecule has 0 amide bonds. The standard InChI is InChI=1S/C17H18N2O2S/c1-11-8-12(2)14(4)17(13(11)3)22(20,21)19-16-7-5-6-15(9-16)10-18/h5-9,19H,1-4H3. The van der Waals surface area contributed by atoms with Gasteiger partial charge in [-0.1, -0.05) is 12.1 Å². The molecular formula is C17H18N2O2S. The molecule has 1 N–H and O–H groups in total. The molecule has 0 saturated heterocycles. The Labute approximate surface area is 131 Å². The van der Waals surface area contributed by atoms with Crippen molar-refractivity contribution < 1.29 is 8.42 Å². The summed E-state index contributed by atoms with van der Waals surface area (Å²) < 4.78 is 28.1. The minimum absolute atomic E-state index is 0.312. The average Bonchev–Trinajstić information content (AvgIpc) is 2.45. The Bertz CT molecular complexity index is 852. The summed E-state index contributed by atoms with van der Waals surface area (Å²) in [5.74, 6) is 0. The molecule has 0 aromatic heterocycles. The number of benzene rings is 2. The summed E-state index contributed by atoms with van der Waals surface area (Å²) in [5, 5.41) is 8.91. The maximum atomic E-state index is 12.8. The second kappa shape index (κ2) is 5.82. The minimum atomic E-state index is -3.70. The van der Waals surface area contributed by atoms with Gasteiger partial charge in [-0.2, -0.15) is 5.26 Å². The van der Waals surface area contributed by atoms with Crippen molar-refractivity contribution in [3.63, 3.8) is 0 Å². The number of hydrogen-bond acceptors (Lipinski definition) is 3. The van der Waals surface area contributed by atoms with E-state index in [-0.39, 0.29) is 0 Å². The third-order valence-corrected chi connectivity index (χ3v) is 5.46. The molecule has 0 bridgehead atoms. The van der Waals surface area contributed by atoms with Gasteiger partial charge in [0.25, 0.3) is 10.0 Å². The number of nitrogens with zero attached hydrogens (tertiary/aromatic N) is 1. The summed E-state index contributed by atoms with van der Waals surface area (Å²) in [6.45, 7) is 7.41. The summed E-state index contributed by atoms with van der Waals surface area (Å²) in [5.41, 5.74) is 4.16. The fourth-order valence-corrected chi connectivity index (χ4v) is 4.11. The molecule has 0 aliphatic rings. The highest BCUT2D eigenvalue weighted by molar-refractivity contribution is 7.92. The van der Waals surface area contributed by atoms with Crippen molar-refractivity contribution in [2.75, 3.05) is 4.72 Å². The zero-order valence-corrected chi connectivity index (χ0v) is 13.9. The van der Waals surface area contributed by atoms with Crippen molar-refractivity contribution in [2.24, 2.45) is 0 Å². The van der Waals surface area contributed by atoms with Gasteiger partial charge in [0.2, 0.25) is 0 Å². The monoisotopic (exact) mass is 314 g/mol. The van der Waals surface area contributed by atoms with Crippen LogP contribution in [0, 0.1) is 39.0 Å². The number of sulfonamides is 1. The number of rotatable bonds is 3. The van der Waals surface area contributed by atoms with Crippen LogP contribution in [0.1, 0.15) is 27.8 Å². The first-order valence-electron chi connectivity index (χ1n) is 6.86. The summed E-state index contributed by atoms with van der Waals surface area (Å²) in [6, 6.07) is 10.4. The fourth-order valence-electron chi connectivity index (χ4n) is 2.44. The van der Waals surface area contributed by atoms with E-state index < -0.39 is 10.0 Å².